The first-order valence-corrected chi connectivity index (χ1v) is 10.7. The van der Waals surface area contributed by atoms with Crippen molar-refractivity contribution in [2.24, 2.45) is 0 Å². The van der Waals surface area contributed by atoms with Gasteiger partial charge >= 0.3 is 0 Å². The Hall–Kier alpha value is -4.78. The lowest BCUT2D eigenvalue weighted by molar-refractivity contribution is 0.0961. The normalized spacial score (nSPS) is 10.1. The Morgan fingerprint density at radius 2 is 1.35 bits per heavy atom. The number of benzene rings is 4. The standard InChI is InChI=1S/C27H24N4O3/c1-34-25-13-6-5-12-24(25)30-31-27(33)19-14-16-22(17-15-19)28-23-11-7-8-20(18-23)26(32)29-21-9-3-2-4-10-21/h2-18,28,30H,1H3,(H,29,32)(H,31,33). The Morgan fingerprint density at radius 3 is 2.12 bits per heavy atom. The van der Waals surface area contributed by atoms with Gasteiger partial charge in [-0.1, -0.05) is 36.4 Å². The largest absolute Gasteiger partial charge is 0.495 e. The van der Waals surface area contributed by atoms with Crippen LogP contribution in [0.1, 0.15) is 20.7 Å². The van der Waals surface area contributed by atoms with E-state index in [0.717, 1.165) is 17.1 Å². The van der Waals surface area contributed by atoms with E-state index in [1.165, 1.54) is 0 Å². The molecule has 0 radical (unpaired) electrons. The zero-order chi connectivity index (χ0) is 23.8. The van der Waals surface area contributed by atoms with Gasteiger partial charge in [-0.3, -0.25) is 20.4 Å². The van der Waals surface area contributed by atoms with Crippen LogP contribution in [0.5, 0.6) is 5.75 Å². The number of hydrogen-bond acceptors (Lipinski definition) is 5. The van der Waals surface area contributed by atoms with Gasteiger partial charge in [-0.05, 0) is 66.7 Å². The molecule has 0 aliphatic heterocycles. The number of rotatable bonds is 8. The number of hydrogen-bond donors (Lipinski definition) is 4. The number of nitrogens with one attached hydrogen (secondary N) is 4. The highest BCUT2D eigenvalue weighted by molar-refractivity contribution is 6.04. The lowest BCUT2D eigenvalue weighted by Gasteiger charge is -2.12. The summed E-state index contributed by atoms with van der Waals surface area (Å²) in [5, 5.41) is 6.13. The van der Waals surface area contributed by atoms with Crippen LogP contribution >= 0.6 is 0 Å². The molecular formula is C27H24N4O3. The Bertz CT molecular complexity index is 1270. The number of para-hydroxylation sites is 3. The first kappa shape index (κ1) is 22.4. The Labute approximate surface area is 197 Å². The number of methoxy groups -OCH3 is 1. The molecule has 4 N–H and O–H groups in total. The highest BCUT2D eigenvalue weighted by Gasteiger charge is 2.09. The summed E-state index contributed by atoms with van der Waals surface area (Å²) in [4.78, 5) is 25.0. The van der Waals surface area contributed by atoms with Crippen molar-refractivity contribution >= 4 is 34.6 Å². The summed E-state index contributed by atoms with van der Waals surface area (Å²) in [6.07, 6.45) is 0. The smallest absolute Gasteiger partial charge is 0.269 e. The summed E-state index contributed by atoms with van der Waals surface area (Å²) in [6, 6.07) is 30.9. The van der Waals surface area contributed by atoms with E-state index < -0.39 is 0 Å². The number of amides is 2. The fourth-order valence-corrected chi connectivity index (χ4v) is 3.28. The maximum Gasteiger partial charge on any atom is 0.269 e. The molecule has 4 aromatic carbocycles. The zero-order valence-corrected chi connectivity index (χ0v) is 18.5. The van der Waals surface area contributed by atoms with Gasteiger partial charge in [0.15, 0.2) is 0 Å². The van der Waals surface area contributed by atoms with Crippen LogP contribution in [-0.4, -0.2) is 18.9 Å². The molecule has 0 atom stereocenters. The Balaban J connectivity index is 1.36. The second kappa shape index (κ2) is 10.7. The fraction of sp³-hybridized carbons (Fsp3) is 0.0370. The second-order valence-electron chi connectivity index (χ2n) is 7.38. The van der Waals surface area contributed by atoms with E-state index in [1.54, 1.807) is 55.6 Å². The lowest BCUT2D eigenvalue weighted by Crippen LogP contribution is -2.29. The van der Waals surface area contributed by atoms with Gasteiger partial charge in [0, 0.05) is 28.2 Å². The first-order valence-electron chi connectivity index (χ1n) is 10.7. The van der Waals surface area contributed by atoms with Gasteiger partial charge in [0.05, 0.1) is 12.8 Å². The number of anilines is 4. The quantitative estimate of drug-likeness (QED) is 0.267. The van der Waals surface area contributed by atoms with Crippen LogP contribution in [-0.2, 0) is 0 Å². The molecule has 0 aromatic heterocycles. The van der Waals surface area contributed by atoms with Crippen molar-refractivity contribution in [1.82, 2.24) is 5.43 Å². The summed E-state index contributed by atoms with van der Waals surface area (Å²) >= 11 is 0. The van der Waals surface area contributed by atoms with Crippen LogP contribution < -0.4 is 26.2 Å². The summed E-state index contributed by atoms with van der Waals surface area (Å²) in [5.74, 6) is 0.156. The molecule has 0 bridgehead atoms. The number of hydrazine groups is 1. The van der Waals surface area contributed by atoms with Gasteiger partial charge in [-0.15, -0.1) is 0 Å². The van der Waals surface area contributed by atoms with E-state index in [4.69, 9.17) is 4.74 Å². The molecule has 170 valence electrons. The fourth-order valence-electron chi connectivity index (χ4n) is 3.28. The van der Waals surface area contributed by atoms with Crippen molar-refractivity contribution < 1.29 is 14.3 Å². The van der Waals surface area contributed by atoms with Crippen LogP contribution in [0.15, 0.2) is 103 Å². The van der Waals surface area contributed by atoms with Gasteiger partial charge in [0.25, 0.3) is 11.8 Å². The molecule has 0 saturated carbocycles. The molecule has 7 heteroatoms. The summed E-state index contributed by atoms with van der Waals surface area (Å²) in [7, 11) is 1.57. The van der Waals surface area contributed by atoms with E-state index >= 15 is 0 Å². The molecular weight excluding hydrogens is 428 g/mol. The second-order valence-corrected chi connectivity index (χ2v) is 7.38. The molecule has 0 unspecified atom stereocenters. The maximum absolute atomic E-state index is 12.5. The van der Waals surface area contributed by atoms with Crippen LogP contribution in [0, 0.1) is 0 Å². The lowest BCUT2D eigenvalue weighted by atomic mass is 10.1. The molecule has 7 nitrogen and oxygen atoms in total. The highest BCUT2D eigenvalue weighted by atomic mass is 16.5. The summed E-state index contributed by atoms with van der Waals surface area (Å²) < 4.78 is 5.26. The monoisotopic (exact) mass is 452 g/mol. The van der Waals surface area contributed by atoms with E-state index in [9.17, 15) is 9.59 Å². The SMILES string of the molecule is COc1ccccc1NNC(=O)c1ccc(Nc2cccc(C(=O)Nc3ccccc3)c2)cc1. The average Bonchev–Trinajstić information content (AvgIpc) is 2.88. The predicted molar refractivity (Wildman–Crippen MR) is 135 cm³/mol. The van der Waals surface area contributed by atoms with Crippen LogP contribution in [0.3, 0.4) is 0 Å². The summed E-state index contributed by atoms with van der Waals surface area (Å²) in [5.41, 5.74) is 9.51. The Kier molecular flexibility index (Phi) is 7.05. The van der Waals surface area contributed by atoms with Crippen LogP contribution in [0.4, 0.5) is 22.7 Å². The van der Waals surface area contributed by atoms with Crippen LogP contribution in [0.25, 0.3) is 0 Å². The molecule has 4 aromatic rings. The van der Waals surface area contributed by atoms with Crippen molar-refractivity contribution in [1.29, 1.82) is 0 Å². The average molecular weight is 453 g/mol. The van der Waals surface area contributed by atoms with Gasteiger partial charge in [0.1, 0.15) is 5.75 Å². The van der Waals surface area contributed by atoms with Gasteiger partial charge in [-0.2, -0.15) is 0 Å². The minimum absolute atomic E-state index is 0.190. The van der Waals surface area contributed by atoms with Gasteiger partial charge < -0.3 is 15.4 Å². The molecule has 2 amide bonds. The molecule has 0 heterocycles. The first-order chi connectivity index (χ1) is 16.6. The minimum Gasteiger partial charge on any atom is -0.495 e. The van der Waals surface area contributed by atoms with Crippen molar-refractivity contribution in [2.75, 3.05) is 23.2 Å². The third-order valence-electron chi connectivity index (χ3n) is 5.01. The Morgan fingerprint density at radius 1 is 0.647 bits per heavy atom. The third-order valence-corrected chi connectivity index (χ3v) is 5.01. The van der Waals surface area contributed by atoms with Gasteiger partial charge in [-0.25, -0.2) is 0 Å². The molecule has 0 aliphatic carbocycles. The molecule has 0 aliphatic rings. The van der Waals surface area contributed by atoms with Crippen LogP contribution in [0.2, 0.25) is 0 Å². The number of carbonyl (C=O) groups excluding carboxylic acids is 2. The topological polar surface area (TPSA) is 91.5 Å². The van der Waals surface area contributed by atoms with E-state index in [-0.39, 0.29) is 11.8 Å². The van der Waals surface area contributed by atoms with E-state index in [2.05, 4.69) is 21.5 Å². The summed E-state index contributed by atoms with van der Waals surface area (Å²) in [6.45, 7) is 0. The molecule has 4 rings (SSSR count). The highest BCUT2D eigenvalue weighted by Crippen LogP contribution is 2.22. The predicted octanol–water partition coefficient (Wildman–Crippen LogP) is 5.45. The molecule has 0 fully saturated rings. The molecule has 34 heavy (non-hydrogen) atoms. The van der Waals surface area contributed by atoms with Crippen molar-refractivity contribution in [3.05, 3.63) is 114 Å². The zero-order valence-electron chi connectivity index (χ0n) is 18.5. The molecule has 0 spiro atoms. The number of ether oxygens (including phenoxy) is 1. The molecule has 0 saturated heterocycles. The van der Waals surface area contributed by atoms with Crippen molar-refractivity contribution in [2.45, 2.75) is 0 Å². The maximum atomic E-state index is 12.5. The van der Waals surface area contributed by atoms with Gasteiger partial charge in [0.2, 0.25) is 0 Å². The third kappa shape index (κ3) is 5.72. The number of carbonyl (C=O) groups is 2. The minimum atomic E-state index is -0.281. The van der Waals surface area contributed by atoms with Crippen molar-refractivity contribution in [3.8, 4) is 5.75 Å². The van der Waals surface area contributed by atoms with E-state index in [1.807, 2.05) is 54.6 Å². The van der Waals surface area contributed by atoms with Crippen molar-refractivity contribution in [3.63, 3.8) is 0 Å². The van der Waals surface area contributed by atoms with E-state index in [0.29, 0.717) is 22.6 Å².